The van der Waals surface area contributed by atoms with E-state index in [1.54, 1.807) is 0 Å². The maximum absolute atomic E-state index is 6.04. The van der Waals surface area contributed by atoms with Crippen LogP contribution >= 0.6 is 0 Å². The summed E-state index contributed by atoms with van der Waals surface area (Å²) in [5, 5.41) is 0. The molecule has 0 aromatic carbocycles. The highest BCUT2D eigenvalue weighted by atomic mass is 15.1. The van der Waals surface area contributed by atoms with Gasteiger partial charge in [-0.25, -0.2) is 9.97 Å². The lowest BCUT2D eigenvalue weighted by Crippen LogP contribution is -2.22. The molecule has 0 amide bonds. The second-order valence-corrected chi connectivity index (χ2v) is 4.64. The Labute approximate surface area is 108 Å². The topological polar surface area (TPSA) is 56.7 Å². The van der Waals surface area contributed by atoms with Gasteiger partial charge in [0.15, 0.2) is 0 Å². The number of rotatable bonds is 4. The van der Waals surface area contributed by atoms with Crippen LogP contribution in [0.25, 0.3) is 5.82 Å². The fourth-order valence-corrected chi connectivity index (χ4v) is 1.95. The van der Waals surface area contributed by atoms with E-state index in [1.807, 2.05) is 30.1 Å². The lowest BCUT2D eigenvalue weighted by Gasteiger charge is -2.13. The molecule has 0 aliphatic heterocycles. The Balaban J connectivity index is 2.41. The van der Waals surface area contributed by atoms with E-state index in [0.717, 1.165) is 30.0 Å². The maximum Gasteiger partial charge on any atom is 0.141 e. The van der Waals surface area contributed by atoms with Crippen molar-refractivity contribution in [3.63, 3.8) is 0 Å². The van der Waals surface area contributed by atoms with E-state index in [4.69, 9.17) is 5.73 Å². The van der Waals surface area contributed by atoms with Gasteiger partial charge in [0, 0.05) is 17.9 Å². The van der Waals surface area contributed by atoms with E-state index in [2.05, 4.69) is 29.9 Å². The normalized spacial score (nSPS) is 12.7. The lowest BCUT2D eigenvalue weighted by atomic mass is 10.1. The smallest absolute Gasteiger partial charge is 0.141 e. The molecule has 0 spiro atoms. The number of nitrogens with two attached hydrogens (primary N) is 1. The van der Waals surface area contributed by atoms with Gasteiger partial charge in [-0.1, -0.05) is 13.0 Å². The van der Waals surface area contributed by atoms with Crippen molar-refractivity contribution in [2.75, 3.05) is 0 Å². The molecular weight excluding hydrogens is 224 g/mol. The molecule has 4 nitrogen and oxygen atoms in total. The van der Waals surface area contributed by atoms with Crippen LogP contribution in [0, 0.1) is 13.8 Å². The number of nitrogens with zero attached hydrogens (tertiary/aromatic N) is 3. The minimum absolute atomic E-state index is 0.179. The van der Waals surface area contributed by atoms with Gasteiger partial charge in [0.05, 0.1) is 5.69 Å². The fraction of sp³-hybridized carbons (Fsp3) is 0.429. The van der Waals surface area contributed by atoms with Gasteiger partial charge in [0.1, 0.15) is 12.1 Å². The predicted molar refractivity (Wildman–Crippen MR) is 72.8 cm³/mol. The molecule has 1 unspecified atom stereocenters. The van der Waals surface area contributed by atoms with Gasteiger partial charge in [0.2, 0.25) is 0 Å². The Bertz CT molecular complexity index is 530. The van der Waals surface area contributed by atoms with Crippen LogP contribution in [0.1, 0.15) is 30.3 Å². The van der Waals surface area contributed by atoms with Crippen LogP contribution in [0.3, 0.4) is 0 Å². The number of imidazole rings is 1. The van der Waals surface area contributed by atoms with Crippen molar-refractivity contribution in [2.45, 2.75) is 39.7 Å². The average Bonchev–Trinajstić information content (AvgIpc) is 2.71. The van der Waals surface area contributed by atoms with Crippen molar-refractivity contribution in [3.05, 3.63) is 41.6 Å². The van der Waals surface area contributed by atoms with E-state index in [9.17, 15) is 0 Å². The molecule has 1 atom stereocenters. The van der Waals surface area contributed by atoms with Gasteiger partial charge in [-0.3, -0.25) is 4.57 Å². The minimum atomic E-state index is 0.179. The molecule has 2 rings (SSSR count). The first-order chi connectivity index (χ1) is 8.63. The van der Waals surface area contributed by atoms with Crippen molar-refractivity contribution in [1.29, 1.82) is 0 Å². The van der Waals surface area contributed by atoms with Gasteiger partial charge in [0.25, 0.3) is 0 Å². The van der Waals surface area contributed by atoms with E-state index in [1.165, 1.54) is 5.56 Å². The molecule has 2 heterocycles. The number of pyridine rings is 1. The largest absolute Gasteiger partial charge is 0.327 e. The highest BCUT2D eigenvalue weighted by molar-refractivity contribution is 5.36. The first-order valence-corrected chi connectivity index (χ1v) is 6.33. The van der Waals surface area contributed by atoms with Crippen LogP contribution in [-0.2, 0) is 6.42 Å². The van der Waals surface area contributed by atoms with Crippen molar-refractivity contribution in [2.24, 2.45) is 5.73 Å². The third-order valence-corrected chi connectivity index (χ3v) is 3.35. The van der Waals surface area contributed by atoms with Crippen LogP contribution < -0.4 is 5.73 Å². The third kappa shape index (κ3) is 2.43. The molecule has 18 heavy (non-hydrogen) atoms. The number of hydrogen-bond donors (Lipinski definition) is 1. The summed E-state index contributed by atoms with van der Waals surface area (Å²) in [6, 6.07) is 4.23. The lowest BCUT2D eigenvalue weighted by molar-refractivity contribution is 0.642. The minimum Gasteiger partial charge on any atom is -0.327 e. The Morgan fingerprint density at radius 3 is 2.72 bits per heavy atom. The summed E-state index contributed by atoms with van der Waals surface area (Å²) in [5.41, 5.74) is 9.37. The molecule has 0 saturated carbocycles. The Morgan fingerprint density at radius 2 is 2.11 bits per heavy atom. The molecule has 2 aromatic rings. The van der Waals surface area contributed by atoms with E-state index in [-0.39, 0.29) is 6.04 Å². The quantitative estimate of drug-likeness (QED) is 0.896. The summed E-state index contributed by atoms with van der Waals surface area (Å²) in [5.74, 6) is 0.944. The van der Waals surface area contributed by atoms with Gasteiger partial charge >= 0.3 is 0 Å². The monoisotopic (exact) mass is 244 g/mol. The zero-order valence-corrected chi connectivity index (χ0v) is 11.2. The zero-order chi connectivity index (χ0) is 13.1. The molecule has 0 aliphatic carbocycles. The average molecular weight is 244 g/mol. The summed E-state index contributed by atoms with van der Waals surface area (Å²) in [6.07, 6.45) is 5.45. The van der Waals surface area contributed by atoms with Crippen molar-refractivity contribution >= 4 is 0 Å². The van der Waals surface area contributed by atoms with E-state index in [0.29, 0.717) is 0 Å². The van der Waals surface area contributed by atoms with Crippen LogP contribution in [0.15, 0.2) is 24.7 Å². The van der Waals surface area contributed by atoms with Crippen LogP contribution in [0.5, 0.6) is 0 Å². The second kappa shape index (κ2) is 5.31. The molecule has 0 fully saturated rings. The summed E-state index contributed by atoms with van der Waals surface area (Å²) < 4.78 is 2.03. The Morgan fingerprint density at radius 1 is 1.33 bits per heavy atom. The van der Waals surface area contributed by atoms with E-state index >= 15 is 0 Å². The van der Waals surface area contributed by atoms with Gasteiger partial charge in [-0.2, -0.15) is 0 Å². The first kappa shape index (κ1) is 12.8. The predicted octanol–water partition coefficient (Wildman–Crippen LogP) is 2.16. The van der Waals surface area contributed by atoms with Crippen molar-refractivity contribution in [1.82, 2.24) is 14.5 Å². The molecular formula is C14H20N4. The van der Waals surface area contributed by atoms with Gasteiger partial charge < -0.3 is 5.73 Å². The highest BCUT2D eigenvalue weighted by Gasteiger charge is 2.12. The summed E-state index contributed by atoms with van der Waals surface area (Å²) in [7, 11) is 0. The summed E-state index contributed by atoms with van der Waals surface area (Å²) in [6.45, 7) is 6.17. The molecule has 0 aliphatic rings. The van der Waals surface area contributed by atoms with Crippen molar-refractivity contribution < 1.29 is 0 Å². The standard InChI is InChI=1S/C14H20N4/c1-4-13(15)8-12-6-5-7-16-14(12)18-9-17-10(2)11(18)3/h5-7,9,13H,4,8,15H2,1-3H3. The number of aromatic nitrogens is 3. The first-order valence-electron chi connectivity index (χ1n) is 6.33. The SMILES string of the molecule is CCC(N)Cc1cccnc1-n1cnc(C)c1C. The van der Waals surface area contributed by atoms with Crippen LogP contribution in [0.4, 0.5) is 0 Å². The Hall–Kier alpha value is -1.68. The molecule has 0 radical (unpaired) electrons. The summed E-state index contributed by atoms with van der Waals surface area (Å²) in [4.78, 5) is 8.80. The fourth-order valence-electron chi connectivity index (χ4n) is 1.95. The van der Waals surface area contributed by atoms with Gasteiger partial charge in [-0.15, -0.1) is 0 Å². The molecule has 2 N–H and O–H groups in total. The number of aryl methyl sites for hydroxylation is 1. The van der Waals surface area contributed by atoms with E-state index < -0.39 is 0 Å². The number of hydrogen-bond acceptors (Lipinski definition) is 3. The Kier molecular flexibility index (Phi) is 3.77. The molecule has 0 saturated heterocycles. The molecule has 2 aromatic heterocycles. The van der Waals surface area contributed by atoms with Crippen molar-refractivity contribution in [3.8, 4) is 5.82 Å². The molecule has 0 bridgehead atoms. The molecule has 96 valence electrons. The van der Waals surface area contributed by atoms with Gasteiger partial charge in [-0.05, 0) is 38.3 Å². The zero-order valence-electron chi connectivity index (χ0n) is 11.2. The van der Waals surface area contributed by atoms with Crippen LogP contribution in [0.2, 0.25) is 0 Å². The maximum atomic E-state index is 6.04. The third-order valence-electron chi connectivity index (χ3n) is 3.35. The van der Waals surface area contributed by atoms with Crippen LogP contribution in [-0.4, -0.2) is 20.6 Å². The second-order valence-electron chi connectivity index (χ2n) is 4.64. The highest BCUT2D eigenvalue weighted by Crippen LogP contribution is 2.17. The summed E-state index contributed by atoms with van der Waals surface area (Å²) >= 11 is 0. The molecule has 4 heteroatoms.